The third-order valence-electron chi connectivity index (χ3n) is 4.05. The van der Waals surface area contributed by atoms with E-state index in [9.17, 15) is 0 Å². The van der Waals surface area contributed by atoms with Crippen molar-refractivity contribution in [1.82, 2.24) is 0 Å². The monoisotopic (exact) mass is 328 g/mol. The fourth-order valence-electron chi connectivity index (χ4n) is 2.69. The zero-order chi connectivity index (χ0) is 17.6. The summed E-state index contributed by atoms with van der Waals surface area (Å²) in [6.45, 7) is 2.03. The van der Waals surface area contributed by atoms with Gasteiger partial charge in [-0.2, -0.15) is 0 Å². The van der Waals surface area contributed by atoms with E-state index in [1.54, 1.807) is 0 Å². The molecule has 0 aliphatic heterocycles. The molecule has 0 amide bonds. The maximum atomic E-state index is 8.36. The molecule has 4 N–H and O–H groups in total. The molecule has 0 radical (unpaired) electrons. The van der Waals surface area contributed by atoms with Crippen LogP contribution in [0.4, 0.5) is 0 Å². The SMILES string of the molecule is CCCCCCCCCCCCCCCCCC(=N)N.O=CO. The summed E-state index contributed by atoms with van der Waals surface area (Å²) in [4.78, 5) is 8.36. The minimum atomic E-state index is -0.250. The molecule has 0 aromatic heterocycles. The van der Waals surface area contributed by atoms with E-state index in [4.69, 9.17) is 21.0 Å². The highest BCUT2D eigenvalue weighted by Crippen LogP contribution is 2.13. The molecule has 0 aliphatic carbocycles. The number of amidine groups is 1. The quantitative estimate of drug-likeness (QED) is 0.143. The van der Waals surface area contributed by atoms with Gasteiger partial charge in [-0.1, -0.05) is 96.8 Å². The van der Waals surface area contributed by atoms with Crippen molar-refractivity contribution in [3.8, 4) is 0 Å². The highest BCUT2D eigenvalue weighted by Gasteiger charge is 1.95. The molecule has 0 bridgehead atoms. The lowest BCUT2D eigenvalue weighted by Crippen LogP contribution is -2.08. The largest absolute Gasteiger partial charge is 0.483 e. The van der Waals surface area contributed by atoms with Crippen LogP contribution in [-0.2, 0) is 4.79 Å². The van der Waals surface area contributed by atoms with E-state index in [1.807, 2.05) is 0 Å². The van der Waals surface area contributed by atoms with Gasteiger partial charge in [0.1, 0.15) is 0 Å². The molecule has 0 aromatic carbocycles. The summed E-state index contributed by atoms with van der Waals surface area (Å²) in [6, 6.07) is 0. The Morgan fingerprint density at radius 2 is 1.04 bits per heavy atom. The number of hydrogen-bond donors (Lipinski definition) is 3. The summed E-state index contributed by atoms with van der Waals surface area (Å²) in [7, 11) is 0. The van der Waals surface area contributed by atoms with E-state index in [1.165, 1.54) is 89.9 Å². The summed E-state index contributed by atoms with van der Waals surface area (Å²) in [5.74, 6) is 0.347. The minimum absolute atomic E-state index is 0.250. The zero-order valence-electron chi connectivity index (χ0n) is 15.3. The summed E-state index contributed by atoms with van der Waals surface area (Å²) in [6.07, 6.45) is 21.6. The molecule has 138 valence electrons. The minimum Gasteiger partial charge on any atom is -0.483 e. The van der Waals surface area contributed by atoms with Gasteiger partial charge in [-0.05, 0) is 6.42 Å². The van der Waals surface area contributed by atoms with E-state index in [-0.39, 0.29) is 6.47 Å². The van der Waals surface area contributed by atoms with Crippen LogP contribution in [0, 0.1) is 5.41 Å². The molecule has 0 heterocycles. The van der Waals surface area contributed by atoms with Gasteiger partial charge in [-0.15, -0.1) is 0 Å². The molecule has 0 spiro atoms. The first-order valence-corrected chi connectivity index (χ1v) is 9.59. The van der Waals surface area contributed by atoms with E-state index >= 15 is 0 Å². The lowest BCUT2D eigenvalue weighted by molar-refractivity contribution is -0.122. The van der Waals surface area contributed by atoms with Crippen molar-refractivity contribution < 1.29 is 9.90 Å². The van der Waals surface area contributed by atoms with Gasteiger partial charge in [-0.25, -0.2) is 0 Å². The van der Waals surface area contributed by atoms with Gasteiger partial charge >= 0.3 is 0 Å². The van der Waals surface area contributed by atoms with Crippen LogP contribution in [-0.4, -0.2) is 17.4 Å². The Kier molecular flexibility index (Phi) is 24.4. The topological polar surface area (TPSA) is 87.2 Å². The smallest absolute Gasteiger partial charge is 0.290 e. The number of nitrogens with two attached hydrogens (primary N) is 1. The Hall–Kier alpha value is -1.06. The van der Waals surface area contributed by atoms with Gasteiger partial charge in [0.2, 0.25) is 0 Å². The summed E-state index contributed by atoms with van der Waals surface area (Å²) in [5.41, 5.74) is 5.33. The Morgan fingerprint density at radius 1 is 0.783 bits per heavy atom. The second kappa shape index (κ2) is 23.2. The number of nitrogens with one attached hydrogen (secondary N) is 1. The molecular weight excluding hydrogens is 288 g/mol. The van der Waals surface area contributed by atoms with Gasteiger partial charge in [-0.3, -0.25) is 10.2 Å². The predicted molar refractivity (Wildman–Crippen MR) is 100 cm³/mol. The van der Waals surface area contributed by atoms with Crippen LogP contribution in [0.3, 0.4) is 0 Å². The number of unbranched alkanes of at least 4 members (excludes halogenated alkanes) is 14. The van der Waals surface area contributed by atoms with Crippen LogP contribution in [0.2, 0.25) is 0 Å². The maximum absolute atomic E-state index is 8.36. The van der Waals surface area contributed by atoms with Gasteiger partial charge in [0.25, 0.3) is 6.47 Å². The summed E-state index contributed by atoms with van der Waals surface area (Å²) in [5, 5.41) is 14.0. The average molecular weight is 329 g/mol. The Morgan fingerprint density at radius 3 is 1.30 bits per heavy atom. The molecule has 0 aromatic rings. The molecule has 0 unspecified atom stereocenters. The lowest BCUT2D eigenvalue weighted by atomic mass is 10.0. The molecule has 0 saturated heterocycles. The normalized spacial score (nSPS) is 9.96. The number of rotatable bonds is 16. The second-order valence-corrected chi connectivity index (χ2v) is 6.33. The first-order valence-electron chi connectivity index (χ1n) is 9.59. The first kappa shape index (κ1) is 24.2. The molecule has 23 heavy (non-hydrogen) atoms. The van der Waals surface area contributed by atoms with Crippen molar-refractivity contribution in [2.24, 2.45) is 5.73 Å². The van der Waals surface area contributed by atoms with Crippen molar-refractivity contribution in [2.45, 2.75) is 110 Å². The molecule has 4 nitrogen and oxygen atoms in total. The highest BCUT2D eigenvalue weighted by atomic mass is 16.3. The third-order valence-corrected chi connectivity index (χ3v) is 4.05. The van der Waals surface area contributed by atoms with Crippen LogP contribution in [0.1, 0.15) is 110 Å². The summed E-state index contributed by atoms with van der Waals surface area (Å²) >= 11 is 0. The molecule has 0 aliphatic rings. The third kappa shape index (κ3) is 29.6. The first-order chi connectivity index (χ1) is 11.2. The molecule has 4 heteroatoms. The van der Waals surface area contributed by atoms with Crippen LogP contribution in [0.5, 0.6) is 0 Å². The Labute approximate surface area is 143 Å². The fourth-order valence-corrected chi connectivity index (χ4v) is 2.69. The number of carbonyl (C=O) groups is 1. The Balaban J connectivity index is 0. The average Bonchev–Trinajstić information content (AvgIpc) is 2.51. The van der Waals surface area contributed by atoms with E-state index in [0.29, 0.717) is 5.84 Å². The van der Waals surface area contributed by atoms with Crippen LogP contribution >= 0.6 is 0 Å². The van der Waals surface area contributed by atoms with Crippen LogP contribution in [0.15, 0.2) is 0 Å². The highest BCUT2D eigenvalue weighted by molar-refractivity contribution is 5.76. The van der Waals surface area contributed by atoms with Crippen molar-refractivity contribution >= 4 is 12.3 Å². The van der Waals surface area contributed by atoms with Crippen molar-refractivity contribution in [3.05, 3.63) is 0 Å². The molecular formula is C19H40N2O2. The molecule has 0 atom stereocenters. The molecule has 0 rings (SSSR count). The molecule has 0 saturated carbocycles. The van der Waals surface area contributed by atoms with Crippen molar-refractivity contribution in [3.63, 3.8) is 0 Å². The standard InChI is InChI=1S/C18H38N2.CH2O2/c1-2-3-4-5-6-7-8-9-10-11-12-13-14-15-16-17-18(19)20;2-1-3/h2-17H2,1H3,(H3,19,20);1H,(H,2,3). The van der Waals surface area contributed by atoms with Crippen LogP contribution < -0.4 is 5.73 Å². The van der Waals surface area contributed by atoms with Gasteiger partial charge in [0.05, 0.1) is 5.84 Å². The summed E-state index contributed by atoms with van der Waals surface area (Å²) < 4.78 is 0. The van der Waals surface area contributed by atoms with Gasteiger partial charge < -0.3 is 10.8 Å². The molecule has 0 fully saturated rings. The van der Waals surface area contributed by atoms with Gasteiger partial charge in [0, 0.05) is 6.42 Å². The number of hydrogen-bond acceptors (Lipinski definition) is 2. The van der Waals surface area contributed by atoms with E-state index in [0.717, 1.165) is 12.8 Å². The van der Waals surface area contributed by atoms with Crippen molar-refractivity contribution in [1.29, 1.82) is 5.41 Å². The Bertz CT molecular complexity index is 246. The fraction of sp³-hybridized carbons (Fsp3) is 0.895. The number of carboxylic acid groups (broad SMARTS) is 1. The second-order valence-electron chi connectivity index (χ2n) is 6.33. The lowest BCUT2D eigenvalue weighted by Gasteiger charge is -2.03. The van der Waals surface area contributed by atoms with E-state index < -0.39 is 0 Å². The zero-order valence-corrected chi connectivity index (χ0v) is 15.3. The van der Waals surface area contributed by atoms with Crippen molar-refractivity contribution in [2.75, 3.05) is 0 Å². The van der Waals surface area contributed by atoms with Gasteiger partial charge in [0.15, 0.2) is 0 Å². The maximum Gasteiger partial charge on any atom is 0.290 e. The van der Waals surface area contributed by atoms with Crippen LogP contribution in [0.25, 0.3) is 0 Å². The predicted octanol–water partition coefficient (Wildman–Crippen LogP) is 5.88. The van der Waals surface area contributed by atoms with E-state index in [2.05, 4.69) is 6.92 Å².